The molecule has 0 aromatic carbocycles. The van der Waals surface area contributed by atoms with E-state index in [1.165, 1.54) is 4.90 Å². The van der Waals surface area contributed by atoms with Gasteiger partial charge >= 0.3 is 12.3 Å². The fraction of sp³-hybridized carbons (Fsp3) is 0.909. The zero-order chi connectivity index (χ0) is 13.1. The van der Waals surface area contributed by atoms with E-state index in [1.54, 1.807) is 0 Å². The average molecular weight is 253 g/mol. The van der Waals surface area contributed by atoms with Crippen LogP contribution in [0.15, 0.2) is 0 Å². The van der Waals surface area contributed by atoms with E-state index in [0.717, 1.165) is 26.2 Å². The minimum Gasteiger partial charge on any atom is -0.437 e. The fourth-order valence-corrected chi connectivity index (χ4v) is 1.93. The van der Waals surface area contributed by atoms with Crippen LogP contribution in [-0.4, -0.2) is 36.4 Å². The van der Waals surface area contributed by atoms with Crippen molar-refractivity contribution in [1.29, 1.82) is 0 Å². The van der Waals surface area contributed by atoms with E-state index in [4.69, 9.17) is 0 Å². The van der Waals surface area contributed by atoms with Gasteiger partial charge < -0.3 is 9.64 Å². The van der Waals surface area contributed by atoms with E-state index in [1.807, 2.05) is 6.92 Å². The highest BCUT2D eigenvalue weighted by atomic mass is 19.4. The topological polar surface area (TPSA) is 29.5 Å². The van der Waals surface area contributed by atoms with E-state index < -0.39 is 18.4 Å². The fourth-order valence-electron chi connectivity index (χ4n) is 1.93. The van der Waals surface area contributed by atoms with Crippen molar-refractivity contribution in [2.45, 2.75) is 45.4 Å². The minimum absolute atomic E-state index is 0.397. The van der Waals surface area contributed by atoms with Crippen LogP contribution in [0.1, 0.15) is 33.1 Å². The largest absolute Gasteiger partial charge is 0.437 e. The molecule has 0 saturated carbocycles. The Morgan fingerprint density at radius 1 is 1.53 bits per heavy atom. The van der Waals surface area contributed by atoms with Crippen molar-refractivity contribution in [2.75, 3.05) is 13.1 Å². The van der Waals surface area contributed by atoms with Crippen LogP contribution in [0, 0.1) is 5.92 Å². The standard InChI is InChI=1S/C11H18F3NO2/c1-3-4-9-5-6-15(7-9)10(16)17-8(2)11(12,13)14/h8-9H,3-7H2,1-2H3. The van der Waals surface area contributed by atoms with Gasteiger partial charge in [-0.25, -0.2) is 4.79 Å². The first-order valence-electron chi connectivity index (χ1n) is 5.86. The highest BCUT2D eigenvalue weighted by molar-refractivity contribution is 5.68. The Kier molecular flexibility index (Phi) is 4.65. The molecule has 0 aliphatic carbocycles. The smallest absolute Gasteiger partial charge is 0.425 e. The number of hydrogen-bond acceptors (Lipinski definition) is 2. The number of likely N-dealkylation sites (tertiary alicyclic amines) is 1. The SMILES string of the molecule is CCCC1CCN(C(=O)OC(C)C(F)(F)F)C1. The summed E-state index contributed by atoms with van der Waals surface area (Å²) in [4.78, 5) is 12.8. The van der Waals surface area contributed by atoms with Crippen molar-refractivity contribution in [3.8, 4) is 0 Å². The Labute approximate surface area is 98.9 Å². The summed E-state index contributed by atoms with van der Waals surface area (Å²) in [6.45, 7) is 3.90. The van der Waals surface area contributed by atoms with Crippen LogP contribution in [0.2, 0.25) is 0 Å². The van der Waals surface area contributed by atoms with Crippen LogP contribution in [0.3, 0.4) is 0 Å². The molecule has 0 N–H and O–H groups in total. The van der Waals surface area contributed by atoms with E-state index >= 15 is 0 Å². The van der Waals surface area contributed by atoms with E-state index in [2.05, 4.69) is 4.74 Å². The quantitative estimate of drug-likeness (QED) is 0.773. The van der Waals surface area contributed by atoms with Gasteiger partial charge in [0.2, 0.25) is 0 Å². The Hall–Kier alpha value is -0.940. The number of halogens is 3. The normalized spacial score (nSPS) is 22.6. The molecule has 0 bridgehead atoms. The molecule has 1 fully saturated rings. The van der Waals surface area contributed by atoms with Gasteiger partial charge in [0, 0.05) is 13.1 Å². The second-order valence-corrected chi connectivity index (χ2v) is 4.46. The predicted octanol–water partition coefficient (Wildman–Crippen LogP) is 3.20. The molecule has 0 radical (unpaired) electrons. The van der Waals surface area contributed by atoms with Gasteiger partial charge in [-0.15, -0.1) is 0 Å². The van der Waals surface area contributed by atoms with Crippen LogP contribution in [-0.2, 0) is 4.74 Å². The second kappa shape index (κ2) is 5.60. The Morgan fingerprint density at radius 2 is 2.18 bits per heavy atom. The van der Waals surface area contributed by atoms with Gasteiger partial charge in [-0.2, -0.15) is 13.2 Å². The third-order valence-electron chi connectivity index (χ3n) is 2.98. The highest BCUT2D eigenvalue weighted by Crippen LogP contribution is 2.25. The lowest BCUT2D eigenvalue weighted by molar-refractivity contribution is -0.199. The molecule has 1 aliphatic heterocycles. The summed E-state index contributed by atoms with van der Waals surface area (Å²) in [5, 5.41) is 0. The van der Waals surface area contributed by atoms with Gasteiger partial charge in [0.1, 0.15) is 0 Å². The number of hydrogen-bond donors (Lipinski definition) is 0. The number of amides is 1. The van der Waals surface area contributed by atoms with Gasteiger partial charge in [0.15, 0.2) is 6.10 Å². The number of alkyl halides is 3. The molecule has 3 nitrogen and oxygen atoms in total. The molecule has 1 amide bonds. The molecule has 2 atom stereocenters. The van der Waals surface area contributed by atoms with Crippen LogP contribution in [0.4, 0.5) is 18.0 Å². The third kappa shape index (κ3) is 4.09. The van der Waals surface area contributed by atoms with Crippen LogP contribution in [0.25, 0.3) is 0 Å². The predicted molar refractivity (Wildman–Crippen MR) is 56.6 cm³/mol. The Balaban J connectivity index is 2.39. The summed E-state index contributed by atoms with van der Waals surface area (Å²) >= 11 is 0. The lowest BCUT2D eigenvalue weighted by Gasteiger charge is -2.21. The maximum atomic E-state index is 12.2. The number of nitrogens with zero attached hydrogens (tertiary/aromatic N) is 1. The van der Waals surface area contributed by atoms with Crippen molar-refractivity contribution in [2.24, 2.45) is 5.92 Å². The molecule has 1 saturated heterocycles. The van der Waals surface area contributed by atoms with Crippen molar-refractivity contribution in [3.63, 3.8) is 0 Å². The summed E-state index contributed by atoms with van der Waals surface area (Å²) in [5.41, 5.74) is 0. The molecule has 0 spiro atoms. The summed E-state index contributed by atoms with van der Waals surface area (Å²) in [6.07, 6.45) is -4.51. The number of rotatable bonds is 3. The van der Waals surface area contributed by atoms with Gasteiger partial charge in [0.25, 0.3) is 0 Å². The zero-order valence-electron chi connectivity index (χ0n) is 10.1. The minimum atomic E-state index is -4.49. The summed E-state index contributed by atoms with van der Waals surface area (Å²) in [7, 11) is 0. The highest BCUT2D eigenvalue weighted by Gasteiger charge is 2.40. The second-order valence-electron chi connectivity index (χ2n) is 4.46. The maximum absolute atomic E-state index is 12.2. The van der Waals surface area contributed by atoms with E-state index in [-0.39, 0.29) is 0 Å². The van der Waals surface area contributed by atoms with Crippen LogP contribution in [0.5, 0.6) is 0 Å². The van der Waals surface area contributed by atoms with Gasteiger partial charge in [0.05, 0.1) is 0 Å². The monoisotopic (exact) mass is 253 g/mol. The maximum Gasteiger partial charge on any atom is 0.425 e. The molecule has 0 aromatic heterocycles. The molecular formula is C11H18F3NO2. The van der Waals surface area contributed by atoms with Gasteiger partial charge in [-0.05, 0) is 25.7 Å². The number of carbonyl (C=O) groups excluding carboxylic acids is 1. The molecule has 100 valence electrons. The molecule has 6 heteroatoms. The van der Waals surface area contributed by atoms with Crippen LogP contribution < -0.4 is 0 Å². The van der Waals surface area contributed by atoms with E-state index in [0.29, 0.717) is 19.0 Å². The number of ether oxygens (including phenoxy) is 1. The van der Waals surface area contributed by atoms with Gasteiger partial charge in [-0.3, -0.25) is 0 Å². The third-order valence-corrected chi connectivity index (χ3v) is 2.98. The Bertz CT molecular complexity index is 268. The molecule has 1 aliphatic rings. The van der Waals surface area contributed by atoms with Crippen molar-refractivity contribution in [3.05, 3.63) is 0 Å². The van der Waals surface area contributed by atoms with Gasteiger partial charge in [-0.1, -0.05) is 13.3 Å². The molecule has 1 rings (SSSR count). The summed E-state index contributed by atoms with van der Waals surface area (Å²) in [6, 6.07) is 0. The molecule has 2 unspecified atom stereocenters. The summed E-state index contributed by atoms with van der Waals surface area (Å²) in [5.74, 6) is 0.397. The lowest BCUT2D eigenvalue weighted by Crippen LogP contribution is -2.37. The van der Waals surface area contributed by atoms with E-state index in [9.17, 15) is 18.0 Å². The molecule has 17 heavy (non-hydrogen) atoms. The lowest BCUT2D eigenvalue weighted by atomic mass is 10.0. The van der Waals surface area contributed by atoms with Crippen molar-refractivity contribution >= 4 is 6.09 Å². The molecule has 0 aromatic rings. The molecule has 1 heterocycles. The Morgan fingerprint density at radius 3 is 2.71 bits per heavy atom. The zero-order valence-corrected chi connectivity index (χ0v) is 10.1. The first-order chi connectivity index (χ1) is 7.84. The van der Waals surface area contributed by atoms with Crippen LogP contribution >= 0.6 is 0 Å². The first kappa shape index (κ1) is 14.1. The molecular weight excluding hydrogens is 235 g/mol. The summed E-state index contributed by atoms with van der Waals surface area (Å²) < 4.78 is 41.0. The van der Waals surface area contributed by atoms with Crippen molar-refractivity contribution < 1.29 is 22.7 Å². The first-order valence-corrected chi connectivity index (χ1v) is 5.86. The van der Waals surface area contributed by atoms with Crippen molar-refractivity contribution in [1.82, 2.24) is 4.90 Å². The average Bonchev–Trinajstić information content (AvgIpc) is 2.65. The number of carbonyl (C=O) groups is 1.